The second-order valence-corrected chi connectivity index (χ2v) is 6.86. The van der Waals surface area contributed by atoms with Crippen LogP contribution in [0.3, 0.4) is 0 Å². The zero-order chi connectivity index (χ0) is 16.9. The number of benzene rings is 1. The maximum Gasteiger partial charge on any atom is 0.410 e. The number of carbonyl (C=O) groups is 1. The molecule has 0 saturated heterocycles. The van der Waals surface area contributed by atoms with Crippen molar-refractivity contribution in [2.45, 2.75) is 39.4 Å². The molecule has 0 unspecified atom stereocenters. The van der Waals surface area contributed by atoms with Crippen molar-refractivity contribution < 1.29 is 14.4 Å². The Morgan fingerprint density at radius 1 is 1.30 bits per heavy atom. The Balaban J connectivity index is 1.74. The van der Waals surface area contributed by atoms with Gasteiger partial charge in [0.25, 0.3) is 0 Å². The fourth-order valence-electron chi connectivity index (χ4n) is 2.05. The number of carbonyl (C=O) groups excluding carboxylic acids is 1. The van der Waals surface area contributed by atoms with E-state index in [-0.39, 0.29) is 6.09 Å². The lowest BCUT2D eigenvalue weighted by molar-refractivity contribution is 0.0223. The average molecular weight is 339 g/mol. The molecule has 0 radical (unpaired) electrons. The maximum absolute atomic E-state index is 12.0. The predicted molar refractivity (Wildman–Crippen MR) is 89.9 cm³/mol. The minimum Gasteiger partial charge on any atom is -0.444 e. The van der Waals surface area contributed by atoms with Gasteiger partial charge >= 0.3 is 6.09 Å². The van der Waals surface area contributed by atoms with Gasteiger partial charge in [-0.25, -0.2) is 4.79 Å². The van der Waals surface area contributed by atoms with Gasteiger partial charge in [-0.2, -0.15) is 0 Å². The lowest BCUT2D eigenvalue weighted by Gasteiger charge is -2.29. The van der Waals surface area contributed by atoms with Crippen molar-refractivity contribution in [3.05, 3.63) is 46.6 Å². The van der Waals surface area contributed by atoms with Gasteiger partial charge in [0, 0.05) is 30.2 Å². The molecular weight excluding hydrogens is 316 g/mol. The third kappa shape index (κ3) is 6.12. The second-order valence-electron chi connectivity index (χ2n) is 6.42. The third-order valence-electron chi connectivity index (χ3n) is 3.22. The molecule has 6 heteroatoms. The molecule has 0 saturated carbocycles. The van der Waals surface area contributed by atoms with E-state index in [0.29, 0.717) is 31.1 Å². The molecule has 1 aliphatic heterocycles. The smallest absolute Gasteiger partial charge is 0.410 e. The minimum atomic E-state index is -0.471. The molecule has 1 amide bonds. The van der Waals surface area contributed by atoms with E-state index in [1.54, 1.807) is 4.90 Å². The Morgan fingerprint density at radius 3 is 2.57 bits per heavy atom. The van der Waals surface area contributed by atoms with Crippen molar-refractivity contribution in [3.63, 3.8) is 0 Å². The molecule has 0 aromatic heterocycles. The first-order chi connectivity index (χ1) is 10.8. The normalized spacial score (nSPS) is 15.1. The third-order valence-corrected chi connectivity index (χ3v) is 3.47. The molecule has 1 heterocycles. The zero-order valence-corrected chi connectivity index (χ0v) is 14.5. The molecule has 2 rings (SSSR count). The van der Waals surface area contributed by atoms with E-state index in [0.717, 1.165) is 11.3 Å². The molecule has 0 bridgehead atoms. The Bertz CT molecular complexity index is 564. The Morgan fingerprint density at radius 2 is 2.00 bits per heavy atom. The fourth-order valence-corrected chi connectivity index (χ4v) is 2.17. The van der Waals surface area contributed by atoms with Crippen LogP contribution in [0.2, 0.25) is 5.02 Å². The summed E-state index contributed by atoms with van der Waals surface area (Å²) in [5, 5.41) is 0.707. The van der Waals surface area contributed by atoms with Gasteiger partial charge in [-0.05, 0) is 44.5 Å². The monoisotopic (exact) mass is 338 g/mol. The van der Waals surface area contributed by atoms with Crippen molar-refractivity contribution in [2.24, 2.45) is 0 Å². The molecule has 126 valence electrons. The summed E-state index contributed by atoms with van der Waals surface area (Å²) >= 11 is 5.84. The molecule has 1 aromatic carbocycles. The van der Waals surface area contributed by atoms with Crippen LogP contribution in [0.1, 0.15) is 32.8 Å². The summed E-state index contributed by atoms with van der Waals surface area (Å²) in [6, 6.07) is 7.50. The highest BCUT2D eigenvalue weighted by molar-refractivity contribution is 6.30. The first-order valence-corrected chi connectivity index (χ1v) is 8.00. The molecule has 1 aliphatic rings. The van der Waals surface area contributed by atoms with Gasteiger partial charge in [-0.15, -0.1) is 0 Å². The van der Waals surface area contributed by atoms with Crippen LogP contribution in [0.5, 0.6) is 0 Å². The van der Waals surface area contributed by atoms with Gasteiger partial charge in [0.2, 0.25) is 0 Å². The van der Waals surface area contributed by atoms with Crippen LogP contribution in [0, 0.1) is 0 Å². The number of halogens is 1. The second kappa shape index (κ2) is 7.70. The quantitative estimate of drug-likeness (QED) is 0.846. The SMILES string of the molecule is CC(C)(C)OC(=O)N1CC=C(NOCc2ccc(Cl)cc2)CC1. The standard InChI is InChI=1S/C17H23ClN2O3/c1-17(2,3)23-16(21)20-10-8-15(9-11-20)19-22-12-13-4-6-14(18)7-5-13/h4-8,19H,9-12H2,1-3H3. The van der Waals surface area contributed by atoms with Crippen molar-refractivity contribution in [1.29, 1.82) is 0 Å². The van der Waals surface area contributed by atoms with Crippen LogP contribution in [0.25, 0.3) is 0 Å². The predicted octanol–water partition coefficient (Wildman–Crippen LogP) is 3.89. The van der Waals surface area contributed by atoms with E-state index in [9.17, 15) is 4.79 Å². The number of rotatable bonds is 4. The van der Waals surface area contributed by atoms with Crippen LogP contribution in [-0.4, -0.2) is 29.7 Å². The molecule has 0 atom stereocenters. The van der Waals surface area contributed by atoms with Gasteiger partial charge in [0.05, 0.1) is 6.61 Å². The number of hydroxylamine groups is 1. The average Bonchev–Trinajstić information content (AvgIpc) is 2.48. The fraction of sp³-hybridized carbons (Fsp3) is 0.471. The summed E-state index contributed by atoms with van der Waals surface area (Å²) in [5.41, 5.74) is 4.48. The molecule has 0 spiro atoms. The number of amides is 1. The largest absolute Gasteiger partial charge is 0.444 e. The van der Waals surface area contributed by atoms with E-state index in [1.807, 2.05) is 51.1 Å². The van der Waals surface area contributed by atoms with Gasteiger partial charge in [-0.1, -0.05) is 23.7 Å². The van der Waals surface area contributed by atoms with Crippen LogP contribution >= 0.6 is 11.6 Å². The molecule has 1 aromatic rings. The highest BCUT2D eigenvalue weighted by Gasteiger charge is 2.23. The van der Waals surface area contributed by atoms with Crippen LogP contribution in [0.15, 0.2) is 36.0 Å². The summed E-state index contributed by atoms with van der Waals surface area (Å²) in [4.78, 5) is 19.1. The lowest BCUT2D eigenvalue weighted by Crippen LogP contribution is -2.40. The summed E-state index contributed by atoms with van der Waals surface area (Å²) < 4.78 is 5.36. The highest BCUT2D eigenvalue weighted by Crippen LogP contribution is 2.15. The number of nitrogens with zero attached hydrogens (tertiary/aromatic N) is 1. The first kappa shape index (κ1) is 17.6. The molecule has 5 nitrogen and oxygen atoms in total. The summed E-state index contributed by atoms with van der Waals surface area (Å²) in [6.45, 7) is 7.16. The van der Waals surface area contributed by atoms with E-state index in [1.165, 1.54) is 0 Å². The van der Waals surface area contributed by atoms with E-state index in [2.05, 4.69) is 5.48 Å². The van der Waals surface area contributed by atoms with Crippen molar-refractivity contribution in [1.82, 2.24) is 10.4 Å². The van der Waals surface area contributed by atoms with E-state index >= 15 is 0 Å². The van der Waals surface area contributed by atoms with Gasteiger partial charge in [-0.3, -0.25) is 10.3 Å². The summed E-state index contributed by atoms with van der Waals surface area (Å²) in [6.07, 6.45) is 2.37. The van der Waals surface area contributed by atoms with E-state index in [4.69, 9.17) is 21.2 Å². The van der Waals surface area contributed by atoms with Crippen molar-refractivity contribution in [2.75, 3.05) is 13.1 Å². The van der Waals surface area contributed by atoms with Crippen LogP contribution < -0.4 is 5.48 Å². The zero-order valence-electron chi connectivity index (χ0n) is 13.8. The molecule has 1 N–H and O–H groups in total. The maximum atomic E-state index is 12.0. The summed E-state index contributed by atoms with van der Waals surface area (Å²) in [7, 11) is 0. The number of hydrogen-bond donors (Lipinski definition) is 1. The minimum absolute atomic E-state index is 0.283. The highest BCUT2D eigenvalue weighted by atomic mass is 35.5. The molecular formula is C17H23ClN2O3. The van der Waals surface area contributed by atoms with Crippen LogP contribution in [0.4, 0.5) is 4.79 Å². The Kier molecular flexibility index (Phi) is 5.91. The Labute approximate surface area is 142 Å². The van der Waals surface area contributed by atoms with Gasteiger partial charge < -0.3 is 9.64 Å². The van der Waals surface area contributed by atoms with E-state index < -0.39 is 5.60 Å². The van der Waals surface area contributed by atoms with Crippen molar-refractivity contribution >= 4 is 17.7 Å². The van der Waals surface area contributed by atoms with Gasteiger partial charge in [0.15, 0.2) is 0 Å². The number of hydrogen-bond acceptors (Lipinski definition) is 4. The summed E-state index contributed by atoms with van der Waals surface area (Å²) in [5.74, 6) is 0. The lowest BCUT2D eigenvalue weighted by atomic mass is 10.2. The first-order valence-electron chi connectivity index (χ1n) is 7.63. The Hall–Kier alpha value is -1.72. The van der Waals surface area contributed by atoms with Gasteiger partial charge in [0.1, 0.15) is 5.60 Å². The molecule has 0 fully saturated rings. The number of nitrogens with one attached hydrogen (secondary N) is 1. The molecule has 0 aliphatic carbocycles. The number of ether oxygens (including phenoxy) is 1. The molecule has 23 heavy (non-hydrogen) atoms. The van der Waals surface area contributed by atoms with Crippen molar-refractivity contribution in [3.8, 4) is 0 Å². The van der Waals surface area contributed by atoms with Crippen LogP contribution in [-0.2, 0) is 16.2 Å². The topological polar surface area (TPSA) is 50.8 Å².